The van der Waals surface area contributed by atoms with Gasteiger partial charge in [0.05, 0.1) is 0 Å². The third-order valence-electron chi connectivity index (χ3n) is 3.27. The van der Waals surface area contributed by atoms with Crippen molar-refractivity contribution in [3.05, 3.63) is 22.7 Å². The Labute approximate surface area is 108 Å². The molecule has 0 fully saturated rings. The lowest BCUT2D eigenvalue weighted by atomic mass is 9.94. The van der Waals surface area contributed by atoms with Gasteiger partial charge in [0.2, 0.25) is 0 Å². The summed E-state index contributed by atoms with van der Waals surface area (Å²) in [6.45, 7) is 7.50. The summed E-state index contributed by atoms with van der Waals surface area (Å²) in [6, 6.07) is 0. The van der Waals surface area contributed by atoms with Crippen molar-refractivity contribution in [2.75, 3.05) is 11.9 Å². The lowest BCUT2D eigenvalue weighted by Gasteiger charge is -2.29. The molecule has 0 radical (unpaired) electrons. The summed E-state index contributed by atoms with van der Waals surface area (Å²) in [5.41, 5.74) is 5.38. The van der Waals surface area contributed by atoms with Crippen LogP contribution < -0.4 is 16.6 Å². The molecule has 1 atom stereocenters. The van der Waals surface area contributed by atoms with Gasteiger partial charge in [-0.1, -0.05) is 13.8 Å². The monoisotopic (exact) mass is 252 g/mol. The minimum Gasteiger partial charge on any atom is -0.360 e. The van der Waals surface area contributed by atoms with E-state index in [4.69, 9.17) is 5.73 Å². The molecule has 5 nitrogen and oxygen atoms in total. The standard InChI is InChI=1S/C13H24N4O/c1-4-9-17-10-8-15-11(12(17)18)16-13(3,5-2)6-7-14/h8,10H,4-7,9,14H2,1-3H3,(H,15,16). The van der Waals surface area contributed by atoms with E-state index in [0.717, 1.165) is 25.8 Å². The van der Waals surface area contributed by atoms with Gasteiger partial charge in [-0.05, 0) is 32.7 Å². The zero-order chi connectivity index (χ0) is 13.6. The molecule has 0 aliphatic carbocycles. The van der Waals surface area contributed by atoms with Crippen LogP contribution in [0.5, 0.6) is 0 Å². The Balaban J connectivity index is 2.96. The zero-order valence-electron chi connectivity index (χ0n) is 11.6. The molecular formula is C13H24N4O. The van der Waals surface area contributed by atoms with Crippen LogP contribution in [0.25, 0.3) is 0 Å². The second kappa shape index (κ2) is 6.54. The minimum atomic E-state index is -0.174. The van der Waals surface area contributed by atoms with Crippen molar-refractivity contribution in [1.82, 2.24) is 9.55 Å². The van der Waals surface area contributed by atoms with Gasteiger partial charge in [0.25, 0.3) is 5.56 Å². The molecule has 1 aromatic heterocycles. The van der Waals surface area contributed by atoms with Gasteiger partial charge in [-0.3, -0.25) is 4.79 Å². The summed E-state index contributed by atoms with van der Waals surface area (Å²) >= 11 is 0. The molecular weight excluding hydrogens is 228 g/mol. The number of nitrogens with zero attached hydrogens (tertiary/aromatic N) is 2. The number of rotatable bonds is 7. The second-order valence-corrected chi connectivity index (χ2v) is 4.85. The van der Waals surface area contributed by atoms with Crippen molar-refractivity contribution in [2.45, 2.75) is 52.1 Å². The van der Waals surface area contributed by atoms with Crippen molar-refractivity contribution in [2.24, 2.45) is 5.73 Å². The average molecular weight is 252 g/mol. The lowest BCUT2D eigenvalue weighted by Crippen LogP contribution is -2.39. The van der Waals surface area contributed by atoms with E-state index < -0.39 is 0 Å². The first kappa shape index (κ1) is 14.7. The first-order valence-corrected chi connectivity index (χ1v) is 6.60. The summed E-state index contributed by atoms with van der Waals surface area (Å²) in [5, 5.41) is 3.25. The van der Waals surface area contributed by atoms with Gasteiger partial charge >= 0.3 is 0 Å². The van der Waals surface area contributed by atoms with Crippen molar-refractivity contribution in [1.29, 1.82) is 0 Å². The van der Waals surface area contributed by atoms with E-state index in [9.17, 15) is 4.79 Å². The quantitative estimate of drug-likeness (QED) is 0.773. The highest BCUT2D eigenvalue weighted by molar-refractivity contribution is 5.34. The third kappa shape index (κ3) is 3.57. The second-order valence-electron chi connectivity index (χ2n) is 4.85. The average Bonchev–Trinajstić information content (AvgIpc) is 2.35. The Kier molecular flexibility index (Phi) is 5.34. The molecule has 3 N–H and O–H groups in total. The maximum absolute atomic E-state index is 12.2. The maximum atomic E-state index is 12.2. The molecule has 1 aromatic rings. The predicted molar refractivity (Wildman–Crippen MR) is 74.8 cm³/mol. The Hall–Kier alpha value is -1.36. The molecule has 102 valence electrons. The lowest BCUT2D eigenvalue weighted by molar-refractivity contribution is 0.460. The van der Waals surface area contributed by atoms with E-state index in [1.165, 1.54) is 0 Å². The first-order valence-electron chi connectivity index (χ1n) is 6.60. The fraction of sp³-hybridized carbons (Fsp3) is 0.692. The van der Waals surface area contributed by atoms with E-state index in [1.54, 1.807) is 17.0 Å². The Morgan fingerprint density at radius 3 is 2.78 bits per heavy atom. The molecule has 5 heteroatoms. The van der Waals surface area contributed by atoms with Crippen LogP contribution >= 0.6 is 0 Å². The van der Waals surface area contributed by atoms with Crippen molar-refractivity contribution >= 4 is 5.82 Å². The van der Waals surface area contributed by atoms with Gasteiger partial charge in [-0.25, -0.2) is 4.98 Å². The smallest absolute Gasteiger partial charge is 0.293 e. The highest BCUT2D eigenvalue weighted by Gasteiger charge is 2.22. The fourth-order valence-corrected chi connectivity index (χ4v) is 1.88. The van der Waals surface area contributed by atoms with Gasteiger partial charge < -0.3 is 15.6 Å². The summed E-state index contributed by atoms with van der Waals surface area (Å²) in [4.78, 5) is 16.3. The molecule has 0 amide bonds. The normalized spacial score (nSPS) is 14.2. The highest BCUT2D eigenvalue weighted by Crippen LogP contribution is 2.17. The summed E-state index contributed by atoms with van der Waals surface area (Å²) in [5.74, 6) is 0.420. The van der Waals surface area contributed by atoms with Crippen LogP contribution in [-0.2, 0) is 6.54 Å². The first-order chi connectivity index (χ1) is 8.56. The van der Waals surface area contributed by atoms with Crippen LogP contribution in [0, 0.1) is 0 Å². The molecule has 1 unspecified atom stereocenters. The molecule has 1 heterocycles. The Bertz CT molecular complexity index is 429. The van der Waals surface area contributed by atoms with Gasteiger partial charge in [0.1, 0.15) is 0 Å². The summed E-state index contributed by atoms with van der Waals surface area (Å²) < 4.78 is 1.69. The van der Waals surface area contributed by atoms with E-state index in [2.05, 4.69) is 24.1 Å². The SMILES string of the molecule is CCCn1ccnc(NC(C)(CC)CCN)c1=O. The fourth-order valence-electron chi connectivity index (χ4n) is 1.88. The molecule has 0 spiro atoms. The van der Waals surface area contributed by atoms with E-state index in [-0.39, 0.29) is 11.1 Å². The molecule has 0 aromatic carbocycles. The topological polar surface area (TPSA) is 72.9 Å². The largest absolute Gasteiger partial charge is 0.360 e. The van der Waals surface area contributed by atoms with Crippen LogP contribution in [0.15, 0.2) is 17.2 Å². The Morgan fingerprint density at radius 1 is 1.50 bits per heavy atom. The van der Waals surface area contributed by atoms with Gasteiger partial charge in [0.15, 0.2) is 5.82 Å². The van der Waals surface area contributed by atoms with Crippen molar-refractivity contribution in [3.8, 4) is 0 Å². The van der Waals surface area contributed by atoms with Gasteiger partial charge in [0, 0.05) is 24.5 Å². The molecule has 0 aliphatic rings. The highest BCUT2D eigenvalue weighted by atomic mass is 16.1. The van der Waals surface area contributed by atoms with E-state index in [0.29, 0.717) is 12.4 Å². The molecule has 18 heavy (non-hydrogen) atoms. The molecule has 0 bridgehead atoms. The molecule has 0 aliphatic heterocycles. The number of nitrogens with two attached hydrogens (primary N) is 1. The van der Waals surface area contributed by atoms with Crippen LogP contribution in [0.1, 0.15) is 40.0 Å². The van der Waals surface area contributed by atoms with Crippen LogP contribution in [0.2, 0.25) is 0 Å². The molecule has 0 saturated carbocycles. The number of hydrogen-bond acceptors (Lipinski definition) is 4. The molecule has 0 saturated heterocycles. The van der Waals surface area contributed by atoms with Crippen LogP contribution in [0.4, 0.5) is 5.82 Å². The number of anilines is 1. The van der Waals surface area contributed by atoms with E-state index in [1.807, 2.05) is 6.92 Å². The predicted octanol–water partition coefficient (Wildman–Crippen LogP) is 1.58. The minimum absolute atomic E-state index is 0.0592. The Morgan fingerprint density at radius 2 is 2.22 bits per heavy atom. The number of aryl methyl sites for hydroxylation is 1. The van der Waals surface area contributed by atoms with Crippen molar-refractivity contribution in [3.63, 3.8) is 0 Å². The van der Waals surface area contributed by atoms with Gasteiger partial charge in [-0.2, -0.15) is 0 Å². The van der Waals surface area contributed by atoms with Crippen LogP contribution in [-0.4, -0.2) is 21.6 Å². The number of hydrogen-bond donors (Lipinski definition) is 2. The molecule has 1 rings (SSSR count). The zero-order valence-corrected chi connectivity index (χ0v) is 11.6. The third-order valence-corrected chi connectivity index (χ3v) is 3.27. The summed E-state index contributed by atoms with van der Waals surface area (Å²) in [6.07, 6.45) is 6.03. The van der Waals surface area contributed by atoms with Crippen LogP contribution in [0.3, 0.4) is 0 Å². The summed E-state index contributed by atoms with van der Waals surface area (Å²) in [7, 11) is 0. The van der Waals surface area contributed by atoms with Gasteiger partial charge in [-0.15, -0.1) is 0 Å². The maximum Gasteiger partial charge on any atom is 0.293 e. The number of nitrogens with one attached hydrogen (secondary N) is 1. The number of aromatic nitrogens is 2. The van der Waals surface area contributed by atoms with Crippen molar-refractivity contribution < 1.29 is 0 Å². The van der Waals surface area contributed by atoms with E-state index >= 15 is 0 Å².